The first kappa shape index (κ1) is 19.5. The van der Waals surface area contributed by atoms with Gasteiger partial charge in [0.05, 0.1) is 17.8 Å². The number of amides is 1. The molecular formula is C22H18BrN3O2S. The number of nitrogens with one attached hydrogen (secondary N) is 1. The van der Waals surface area contributed by atoms with Crippen molar-refractivity contribution in [1.29, 1.82) is 0 Å². The number of rotatable bonds is 5. The molecule has 0 aliphatic carbocycles. The van der Waals surface area contributed by atoms with Crippen LogP contribution >= 0.6 is 27.3 Å². The number of carbonyl (C=O) groups is 1. The third-order valence-electron chi connectivity index (χ3n) is 4.71. The number of hydrogen-bond acceptors (Lipinski definition) is 4. The van der Waals surface area contributed by atoms with Crippen LogP contribution in [0.25, 0.3) is 21.3 Å². The highest BCUT2D eigenvalue weighted by Crippen LogP contribution is 2.30. The molecule has 5 nitrogen and oxygen atoms in total. The third-order valence-corrected chi connectivity index (χ3v) is 6.12. The van der Waals surface area contributed by atoms with Gasteiger partial charge in [-0.1, -0.05) is 58.4 Å². The van der Waals surface area contributed by atoms with E-state index in [0.717, 1.165) is 21.2 Å². The Hall–Kier alpha value is -2.77. The summed E-state index contributed by atoms with van der Waals surface area (Å²) in [6, 6.07) is 17.3. The van der Waals surface area contributed by atoms with E-state index in [2.05, 4.69) is 26.2 Å². The van der Waals surface area contributed by atoms with Gasteiger partial charge in [-0.05, 0) is 30.2 Å². The zero-order valence-electron chi connectivity index (χ0n) is 15.6. The average Bonchev–Trinajstić information content (AvgIpc) is 3.16. The summed E-state index contributed by atoms with van der Waals surface area (Å²) in [4.78, 5) is 30.7. The number of thiophene rings is 1. The lowest BCUT2D eigenvalue weighted by molar-refractivity contribution is -0.122. The lowest BCUT2D eigenvalue weighted by Crippen LogP contribution is -2.33. The molecule has 0 aliphatic rings. The Balaban J connectivity index is 1.58. The second-order valence-electron chi connectivity index (χ2n) is 6.71. The standard InChI is InChI=1S/C22H18BrN3O2S/c1-14(15-7-9-17(23)10-8-15)25-19(27)11-26-13-24-21-20(22(26)28)18(12-29-21)16-5-3-2-4-6-16/h2-10,12-14H,11H2,1H3,(H,25,27). The van der Waals surface area contributed by atoms with Crippen molar-refractivity contribution in [3.8, 4) is 11.1 Å². The monoisotopic (exact) mass is 467 g/mol. The maximum absolute atomic E-state index is 13.1. The summed E-state index contributed by atoms with van der Waals surface area (Å²) in [5.41, 5.74) is 2.60. The Morgan fingerprint density at radius 3 is 2.62 bits per heavy atom. The van der Waals surface area contributed by atoms with Crippen molar-refractivity contribution < 1.29 is 4.79 Å². The van der Waals surface area contributed by atoms with Crippen LogP contribution in [0.1, 0.15) is 18.5 Å². The Bertz CT molecular complexity index is 1220. The number of halogens is 1. The van der Waals surface area contributed by atoms with Crippen LogP contribution in [0.5, 0.6) is 0 Å². The molecule has 2 aromatic carbocycles. The highest BCUT2D eigenvalue weighted by molar-refractivity contribution is 9.10. The minimum atomic E-state index is -0.236. The van der Waals surface area contributed by atoms with Gasteiger partial charge >= 0.3 is 0 Å². The minimum absolute atomic E-state index is 0.0767. The van der Waals surface area contributed by atoms with Gasteiger partial charge in [-0.3, -0.25) is 14.2 Å². The van der Waals surface area contributed by atoms with Crippen LogP contribution in [0, 0.1) is 0 Å². The summed E-state index contributed by atoms with van der Waals surface area (Å²) in [6.45, 7) is 1.84. The van der Waals surface area contributed by atoms with E-state index in [0.29, 0.717) is 10.2 Å². The van der Waals surface area contributed by atoms with Crippen molar-refractivity contribution in [2.75, 3.05) is 0 Å². The molecule has 0 bridgehead atoms. The fraction of sp³-hybridized carbons (Fsp3) is 0.136. The molecule has 2 aromatic heterocycles. The first-order chi connectivity index (χ1) is 14.0. The molecule has 0 saturated carbocycles. The normalized spacial score (nSPS) is 12.1. The quantitative estimate of drug-likeness (QED) is 0.459. The fourth-order valence-corrected chi connectivity index (χ4v) is 4.36. The van der Waals surface area contributed by atoms with Crippen LogP contribution in [-0.2, 0) is 11.3 Å². The zero-order chi connectivity index (χ0) is 20.4. The van der Waals surface area contributed by atoms with Gasteiger partial charge in [0.2, 0.25) is 5.91 Å². The number of nitrogens with zero attached hydrogens (tertiary/aromatic N) is 2. The van der Waals surface area contributed by atoms with Crippen LogP contribution in [0.4, 0.5) is 0 Å². The van der Waals surface area contributed by atoms with Crippen LogP contribution in [-0.4, -0.2) is 15.5 Å². The predicted molar refractivity (Wildman–Crippen MR) is 120 cm³/mol. The molecule has 1 unspecified atom stereocenters. The highest BCUT2D eigenvalue weighted by Gasteiger charge is 2.16. The molecule has 0 spiro atoms. The number of hydrogen-bond donors (Lipinski definition) is 1. The van der Waals surface area contributed by atoms with Gasteiger partial charge in [0.1, 0.15) is 11.4 Å². The Morgan fingerprint density at radius 1 is 1.17 bits per heavy atom. The molecule has 29 heavy (non-hydrogen) atoms. The first-order valence-electron chi connectivity index (χ1n) is 9.10. The van der Waals surface area contributed by atoms with Crippen molar-refractivity contribution >= 4 is 43.4 Å². The molecule has 0 fully saturated rings. The third kappa shape index (κ3) is 4.16. The second-order valence-corrected chi connectivity index (χ2v) is 8.49. The van der Waals surface area contributed by atoms with E-state index in [-0.39, 0.29) is 24.1 Å². The van der Waals surface area contributed by atoms with Crippen LogP contribution in [0.15, 0.2) is 75.6 Å². The van der Waals surface area contributed by atoms with Gasteiger partial charge < -0.3 is 5.32 Å². The Labute approximate surface area is 180 Å². The van der Waals surface area contributed by atoms with Crippen molar-refractivity contribution in [3.05, 3.63) is 86.7 Å². The van der Waals surface area contributed by atoms with Crippen LogP contribution < -0.4 is 10.9 Å². The van der Waals surface area contributed by atoms with Gasteiger partial charge in [-0.25, -0.2) is 4.98 Å². The summed E-state index contributed by atoms with van der Waals surface area (Å²) >= 11 is 4.84. The molecule has 0 aliphatic heterocycles. The van der Waals surface area contributed by atoms with Crippen LogP contribution in [0.2, 0.25) is 0 Å². The van der Waals surface area contributed by atoms with Gasteiger partial charge in [0, 0.05) is 15.4 Å². The maximum atomic E-state index is 13.1. The number of aromatic nitrogens is 2. The van der Waals surface area contributed by atoms with Gasteiger partial charge in [-0.2, -0.15) is 0 Å². The first-order valence-corrected chi connectivity index (χ1v) is 10.8. The molecule has 1 amide bonds. The van der Waals surface area contributed by atoms with E-state index < -0.39 is 0 Å². The van der Waals surface area contributed by atoms with Crippen molar-refractivity contribution in [2.24, 2.45) is 0 Å². The fourth-order valence-electron chi connectivity index (χ4n) is 3.19. The molecule has 4 rings (SSSR count). The second kappa shape index (κ2) is 8.31. The molecule has 4 aromatic rings. The highest BCUT2D eigenvalue weighted by atomic mass is 79.9. The minimum Gasteiger partial charge on any atom is -0.348 e. The van der Waals surface area contributed by atoms with E-state index in [1.54, 1.807) is 0 Å². The van der Waals surface area contributed by atoms with Crippen LogP contribution in [0.3, 0.4) is 0 Å². The summed E-state index contributed by atoms with van der Waals surface area (Å²) in [7, 11) is 0. The topological polar surface area (TPSA) is 64.0 Å². The van der Waals surface area contributed by atoms with E-state index in [4.69, 9.17) is 0 Å². The lowest BCUT2D eigenvalue weighted by Gasteiger charge is -2.15. The van der Waals surface area contributed by atoms with Crippen molar-refractivity contribution in [1.82, 2.24) is 14.9 Å². The Kier molecular flexibility index (Phi) is 5.60. The summed E-state index contributed by atoms with van der Waals surface area (Å²) < 4.78 is 2.35. The van der Waals surface area contributed by atoms with Gasteiger partial charge in [0.15, 0.2) is 0 Å². The summed E-state index contributed by atoms with van der Waals surface area (Å²) in [5.74, 6) is -0.236. The molecule has 1 N–H and O–H groups in total. The van der Waals surface area contributed by atoms with Gasteiger partial charge in [0.25, 0.3) is 5.56 Å². The smallest absolute Gasteiger partial charge is 0.263 e. The lowest BCUT2D eigenvalue weighted by atomic mass is 10.1. The van der Waals surface area contributed by atoms with Crippen molar-refractivity contribution in [2.45, 2.75) is 19.5 Å². The molecule has 0 saturated heterocycles. The van der Waals surface area contributed by atoms with Crippen molar-refractivity contribution in [3.63, 3.8) is 0 Å². The van der Waals surface area contributed by atoms with E-state index in [1.165, 1.54) is 22.2 Å². The number of carbonyl (C=O) groups excluding carboxylic acids is 1. The molecule has 7 heteroatoms. The Morgan fingerprint density at radius 2 is 1.90 bits per heavy atom. The van der Waals surface area contributed by atoms with E-state index in [9.17, 15) is 9.59 Å². The summed E-state index contributed by atoms with van der Waals surface area (Å²) in [5, 5.41) is 5.43. The predicted octanol–water partition coefficient (Wildman–Crippen LogP) is 4.76. The average molecular weight is 468 g/mol. The maximum Gasteiger partial charge on any atom is 0.263 e. The molecular weight excluding hydrogens is 450 g/mol. The largest absolute Gasteiger partial charge is 0.348 e. The molecule has 146 valence electrons. The number of fused-ring (bicyclic) bond motifs is 1. The molecule has 2 heterocycles. The van der Waals surface area contributed by atoms with E-state index in [1.807, 2.05) is 66.9 Å². The number of benzene rings is 2. The SMILES string of the molecule is CC(NC(=O)Cn1cnc2scc(-c3ccccc3)c2c1=O)c1ccc(Br)cc1. The van der Waals surface area contributed by atoms with Gasteiger partial charge in [-0.15, -0.1) is 11.3 Å². The summed E-state index contributed by atoms with van der Waals surface area (Å²) in [6.07, 6.45) is 1.44. The molecule has 1 atom stereocenters. The zero-order valence-corrected chi connectivity index (χ0v) is 18.0. The van der Waals surface area contributed by atoms with E-state index >= 15 is 0 Å². The molecule has 0 radical (unpaired) electrons.